The van der Waals surface area contributed by atoms with Gasteiger partial charge in [-0.3, -0.25) is 28.0 Å². The topological polar surface area (TPSA) is 279 Å². The monoisotopic (exact) mass is 630 g/mol. The van der Waals surface area contributed by atoms with Gasteiger partial charge in [-0.2, -0.15) is 0 Å². The Morgan fingerprint density at radius 3 is 0.821 bits per heavy atom. The second-order valence-corrected chi connectivity index (χ2v) is 12.9. The third-order valence-electron chi connectivity index (χ3n) is 4.89. The summed E-state index contributed by atoms with van der Waals surface area (Å²) in [5.74, 6) is -6.09. The van der Waals surface area contributed by atoms with E-state index in [1.165, 1.54) is 41.5 Å². The number of phosphoric acid groups is 3. The number of esters is 3. The van der Waals surface area contributed by atoms with Gasteiger partial charge < -0.3 is 43.6 Å². The van der Waals surface area contributed by atoms with Crippen molar-refractivity contribution in [1.82, 2.24) is 0 Å². The molecule has 0 aromatic rings. The molecule has 1 rings (SSSR count). The molecule has 4 unspecified atom stereocenters. The second-order valence-electron chi connectivity index (χ2n) is 9.35. The van der Waals surface area contributed by atoms with Crippen LogP contribution < -0.4 is 0 Å². The number of carbonyl (C=O) groups is 3. The van der Waals surface area contributed by atoms with E-state index in [0.717, 1.165) is 0 Å². The highest BCUT2D eigenvalue weighted by molar-refractivity contribution is 7.47. The Hall–Kier alpha value is -1.26. The molecular formula is C18H33O18P3. The molecule has 0 radical (unpaired) electrons. The maximum atomic E-state index is 12.6. The number of rotatable bonds is 12. The predicted molar refractivity (Wildman–Crippen MR) is 125 cm³/mol. The van der Waals surface area contributed by atoms with E-state index >= 15 is 0 Å². The smallest absolute Gasteiger partial charge is 0.455 e. The van der Waals surface area contributed by atoms with Gasteiger partial charge in [0.15, 0.2) is 18.3 Å². The van der Waals surface area contributed by atoms with Crippen molar-refractivity contribution in [2.75, 3.05) is 0 Å². The highest BCUT2D eigenvalue weighted by Crippen LogP contribution is 2.51. The minimum atomic E-state index is -5.72. The molecule has 1 aliphatic carbocycles. The Labute approximate surface area is 223 Å². The zero-order chi connectivity index (χ0) is 30.7. The third-order valence-corrected chi connectivity index (χ3v) is 6.45. The molecule has 0 aliphatic heterocycles. The molecule has 18 nitrogen and oxygen atoms in total. The van der Waals surface area contributed by atoms with Crippen LogP contribution in [0.25, 0.3) is 0 Å². The zero-order valence-electron chi connectivity index (χ0n) is 21.6. The van der Waals surface area contributed by atoms with Gasteiger partial charge >= 0.3 is 41.4 Å². The van der Waals surface area contributed by atoms with Crippen LogP contribution in [0.4, 0.5) is 0 Å². The van der Waals surface area contributed by atoms with Gasteiger partial charge in [0.2, 0.25) is 0 Å². The summed E-state index contributed by atoms with van der Waals surface area (Å²) in [7, 11) is -17.1. The highest BCUT2D eigenvalue weighted by Gasteiger charge is 2.62. The lowest BCUT2D eigenvalue weighted by molar-refractivity contribution is -0.243. The largest absolute Gasteiger partial charge is 0.470 e. The molecule has 1 saturated carbocycles. The zero-order valence-corrected chi connectivity index (χ0v) is 24.3. The fourth-order valence-electron chi connectivity index (χ4n) is 3.17. The molecule has 21 heteroatoms. The molecule has 39 heavy (non-hydrogen) atoms. The van der Waals surface area contributed by atoms with Crippen molar-refractivity contribution in [3.05, 3.63) is 0 Å². The summed E-state index contributed by atoms with van der Waals surface area (Å²) in [5, 5.41) is 0. The van der Waals surface area contributed by atoms with E-state index in [1.807, 2.05) is 0 Å². The standard InChI is InChI=1S/C18H33O18P3/c1-7(2)16(19)31-10-11(32-17(20)8(3)4)13(34-37(22,23)24)15(36-39(28,29)30)14(35-38(25,26)27)12(10)33-18(21)9(5)6/h7-15H,1-6H3,(H2,22,23,24)(H2,25,26,27)(H2,28,29,30). The van der Waals surface area contributed by atoms with Gasteiger partial charge in [-0.05, 0) is 0 Å². The molecular weight excluding hydrogens is 597 g/mol. The lowest BCUT2D eigenvalue weighted by Gasteiger charge is -2.48. The van der Waals surface area contributed by atoms with Crippen LogP contribution in [0.5, 0.6) is 0 Å². The van der Waals surface area contributed by atoms with Crippen molar-refractivity contribution in [2.45, 2.75) is 78.2 Å². The summed E-state index contributed by atoms with van der Waals surface area (Å²) < 4.78 is 65.1. The van der Waals surface area contributed by atoms with Crippen molar-refractivity contribution in [2.24, 2.45) is 17.8 Å². The first-order valence-corrected chi connectivity index (χ1v) is 15.9. The first-order chi connectivity index (χ1) is 17.4. The number of hydrogen-bond donors (Lipinski definition) is 6. The summed E-state index contributed by atoms with van der Waals surface area (Å²) >= 11 is 0. The van der Waals surface area contributed by atoms with Crippen LogP contribution in [0.3, 0.4) is 0 Å². The maximum Gasteiger partial charge on any atom is 0.470 e. The van der Waals surface area contributed by atoms with Crippen LogP contribution in [0.1, 0.15) is 41.5 Å². The van der Waals surface area contributed by atoms with E-state index in [1.54, 1.807) is 0 Å². The van der Waals surface area contributed by atoms with Crippen molar-refractivity contribution in [3.8, 4) is 0 Å². The first kappa shape index (κ1) is 35.8. The molecule has 0 bridgehead atoms. The number of hydrogen-bond acceptors (Lipinski definition) is 12. The fourth-order valence-corrected chi connectivity index (χ4v) is 4.84. The molecule has 228 valence electrons. The lowest BCUT2D eigenvalue weighted by Crippen LogP contribution is -2.68. The van der Waals surface area contributed by atoms with Gasteiger partial charge in [-0.1, -0.05) is 41.5 Å². The van der Waals surface area contributed by atoms with Gasteiger partial charge in [0.05, 0.1) is 17.8 Å². The van der Waals surface area contributed by atoms with E-state index in [0.29, 0.717) is 0 Å². The quantitative estimate of drug-likeness (QED) is 0.0949. The second kappa shape index (κ2) is 13.6. The SMILES string of the molecule is CC(C)C(=O)OC1C(OC(=O)C(C)C)C(OP(=O)(O)O)C(OP(=O)(O)O)C(OP(=O)(O)O)C1OC(=O)C(C)C. The number of carbonyl (C=O) groups excluding carboxylic acids is 3. The summed E-state index contributed by atoms with van der Waals surface area (Å²) in [4.78, 5) is 94.7. The van der Waals surface area contributed by atoms with Gasteiger partial charge in [-0.25, -0.2) is 13.7 Å². The van der Waals surface area contributed by atoms with Crippen molar-refractivity contribution >= 4 is 41.4 Å². The Morgan fingerprint density at radius 2 is 0.641 bits per heavy atom. The van der Waals surface area contributed by atoms with Crippen molar-refractivity contribution in [3.63, 3.8) is 0 Å². The number of phosphoric ester groups is 3. The normalized spacial score (nSPS) is 26.5. The Bertz CT molecular complexity index is 966. The minimum absolute atomic E-state index is 0.917. The average Bonchev–Trinajstić information content (AvgIpc) is 2.72. The van der Waals surface area contributed by atoms with E-state index in [-0.39, 0.29) is 0 Å². The Morgan fingerprint density at radius 1 is 0.462 bits per heavy atom. The number of ether oxygens (including phenoxy) is 3. The van der Waals surface area contributed by atoms with Crippen molar-refractivity contribution < 1.29 is 85.2 Å². The molecule has 0 aromatic heterocycles. The molecule has 6 N–H and O–H groups in total. The molecule has 1 aliphatic rings. The summed E-state index contributed by atoms with van der Waals surface area (Å²) in [6.45, 7) is 8.03. The van der Waals surface area contributed by atoms with Crippen LogP contribution in [-0.2, 0) is 55.9 Å². The lowest BCUT2D eigenvalue weighted by atomic mass is 9.84. The average molecular weight is 630 g/mol. The van der Waals surface area contributed by atoms with Crippen molar-refractivity contribution in [1.29, 1.82) is 0 Å². The molecule has 0 aromatic carbocycles. The molecule has 0 saturated heterocycles. The first-order valence-electron chi connectivity index (χ1n) is 11.3. The highest BCUT2D eigenvalue weighted by atomic mass is 31.2. The molecule has 1 fully saturated rings. The predicted octanol–water partition coefficient (Wildman–Crippen LogP) is 0.137. The van der Waals surface area contributed by atoms with Crippen LogP contribution >= 0.6 is 23.5 Å². The molecule has 0 spiro atoms. The molecule has 4 atom stereocenters. The van der Waals surface area contributed by atoms with Crippen LogP contribution in [0.15, 0.2) is 0 Å². The van der Waals surface area contributed by atoms with Gasteiger partial charge in [0.1, 0.15) is 18.3 Å². The maximum absolute atomic E-state index is 12.6. The summed E-state index contributed by atoms with van der Waals surface area (Å²) in [6.07, 6.45) is -14.2. The Kier molecular flexibility index (Phi) is 12.5. The Balaban J connectivity index is 4.04. The van der Waals surface area contributed by atoms with E-state index in [2.05, 4.69) is 13.6 Å². The van der Waals surface area contributed by atoms with Gasteiger partial charge in [-0.15, -0.1) is 0 Å². The minimum Gasteiger partial charge on any atom is -0.455 e. The fraction of sp³-hybridized carbons (Fsp3) is 0.833. The summed E-state index contributed by atoms with van der Waals surface area (Å²) in [5.41, 5.74) is 0. The van der Waals surface area contributed by atoms with Crippen LogP contribution in [-0.4, -0.2) is 83.9 Å². The summed E-state index contributed by atoms with van der Waals surface area (Å²) in [6, 6.07) is 0. The molecule has 0 amide bonds. The molecule has 0 heterocycles. The van der Waals surface area contributed by atoms with Crippen LogP contribution in [0.2, 0.25) is 0 Å². The van der Waals surface area contributed by atoms with E-state index in [9.17, 15) is 57.4 Å². The van der Waals surface area contributed by atoms with Crippen LogP contribution in [0, 0.1) is 17.8 Å². The third kappa shape index (κ3) is 11.6. The van der Waals surface area contributed by atoms with Gasteiger partial charge in [0.25, 0.3) is 0 Å². The van der Waals surface area contributed by atoms with Gasteiger partial charge in [0, 0.05) is 0 Å². The van der Waals surface area contributed by atoms with E-state index in [4.69, 9.17) is 14.2 Å². The van der Waals surface area contributed by atoms with E-state index < -0.39 is 95.8 Å².